The molecule has 4 N–H and O–H groups in total. The molecule has 0 spiro atoms. The molecule has 0 aliphatic rings. The van der Waals surface area contributed by atoms with Crippen molar-refractivity contribution in [1.82, 2.24) is 10.6 Å². The van der Waals surface area contributed by atoms with Crippen molar-refractivity contribution in [2.45, 2.75) is 33.6 Å². The first-order valence-electron chi connectivity index (χ1n) is 10.4. The van der Waals surface area contributed by atoms with Crippen LogP contribution >= 0.6 is 0 Å². The SMILES string of the molecule is C=C(/C(C)=C(\C)OCCCNCCO)c1cccc(OCCCNCCO)c1C. The van der Waals surface area contributed by atoms with Crippen LogP contribution in [0.4, 0.5) is 0 Å². The van der Waals surface area contributed by atoms with Crippen LogP contribution in [-0.2, 0) is 4.74 Å². The van der Waals surface area contributed by atoms with E-state index < -0.39 is 0 Å². The van der Waals surface area contributed by atoms with E-state index in [1.807, 2.05) is 26.0 Å². The Hall–Kier alpha value is -1.86. The third kappa shape index (κ3) is 9.45. The standard InChI is InChI=1S/C23H38N2O4/c1-18(21(4)28-16-6-10-24-12-14-26)19(2)22-8-5-9-23(20(22)3)29-17-7-11-25-13-15-27/h5,8-9,24-27H,2,6-7,10-17H2,1,3-4H3/b21-18+. The van der Waals surface area contributed by atoms with Gasteiger partial charge in [0.15, 0.2) is 0 Å². The van der Waals surface area contributed by atoms with Gasteiger partial charge in [0.25, 0.3) is 0 Å². The molecule has 0 aliphatic heterocycles. The van der Waals surface area contributed by atoms with Crippen LogP contribution in [-0.4, -0.2) is 62.8 Å². The molecule has 1 aromatic rings. The van der Waals surface area contributed by atoms with Gasteiger partial charge in [-0.3, -0.25) is 0 Å². The minimum atomic E-state index is 0.153. The molecular formula is C23H38N2O4. The number of hydrogen-bond acceptors (Lipinski definition) is 6. The smallest absolute Gasteiger partial charge is 0.122 e. The summed E-state index contributed by atoms with van der Waals surface area (Å²) < 4.78 is 11.8. The van der Waals surface area contributed by atoms with Crippen LogP contribution in [0.15, 0.2) is 36.1 Å². The number of aliphatic hydroxyl groups is 2. The lowest BCUT2D eigenvalue weighted by Crippen LogP contribution is -2.20. The van der Waals surface area contributed by atoms with Gasteiger partial charge in [-0.15, -0.1) is 0 Å². The quantitative estimate of drug-likeness (QED) is 0.192. The lowest BCUT2D eigenvalue weighted by Gasteiger charge is -2.17. The van der Waals surface area contributed by atoms with Gasteiger partial charge >= 0.3 is 0 Å². The molecular weight excluding hydrogens is 368 g/mol. The van der Waals surface area contributed by atoms with Crippen LogP contribution in [0.25, 0.3) is 5.57 Å². The van der Waals surface area contributed by atoms with E-state index in [1.165, 1.54) is 0 Å². The molecule has 1 rings (SSSR count). The van der Waals surface area contributed by atoms with Crippen LogP contribution in [0.5, 0.6) is 5.75 Å². The molecule has 1 aromatic carbocycles. The summed E-state index contributed by atoms with van der Waals surface area (Å²) >= 11 is 0. The van der Waals surface area contributed by atoms with E-state index in [4.69, 9.17) is 19.7 Å². The zero-order chi connectivity index (χ0) is 21.5. The van der Waals surface area contributed by atoms with Crippen LogP contribution < -0.4 is 15.4 Å². The van der Waals surface area contributed by atoms with Gasteiger partial charge in [-0.1, -0.05) is 18.7 Å². The monoisotopic (exact) mass is 406 g/mol. The molecule has 0 aromatic heterocycles. The Morgan fingerprint density at radius 2 is 1.59 bits per heavy atom. The van der Waals surface area contributed by atoms with Crippen molar-refractivity contribution in [3.8, 4) is 5.75 Å². The average molecular weight is 407 g/mol. The third-order valence-electron chi connectivity index (χ3n) is 4.74. The average Bonchev–Trinajstić information content (AvgIpc) is 2.73. The molecule has 0 atom stereocenters. The number of hydrogen-bond donors (Lipinski definition) is 4. The summed E-state index contributed by atoms with van der Waals surface area (Å²) in [4.78, 5) is 0. The molecule has 0 amide bonds. The molecule has 0 bridgehead atoms. The summed E-state index contributed by atoms with van der Waals surface area (Å²) in [5, 5.41) is 23.8. The van der Waals surface area contributed by atoms with Crippen molar-refractivity contribution in [1.29, 1.82) is 0 Å². The lowest BCUT2D eigenvalue weighted by atomic mass is 9.95. The van der Waals surface area contributed by atoms with Crippen LogP contribution in [0.2, 0.25) is 0 Å². The largest absolute Gasteiger partial charge is 0.498 e. The Morgan fingerprint density at radius 3 is 2.21 bits per heavy atom. The van der Waals surface area contributed by atoms with Crippen molar-refractivity contribution in [2.24, 2.45) is 0 Å². The first-order valence-corrected chi connectivity index (χ1v) is 10.4. The van der Waals surface area contributed by atoms with E-state index in [9.17, 15) is 0 Å². The Morgan fingerprint density at radius 1 is 0.966 bits per heavy atom. The molecule has 0 heterocycles. The number of allylic oxidation sites excluding steroid dienone is 3. The predicted octanol–water partition coefficient (Wildman–Crippen LogP) is 2.64. The van der Waals surface area contributed by atoms with Crippen LogP contribution in [0, 0.1) is 6.92 Å². The van der Waals surface area contributed by atoms with Crippen molar-refractivity contribution in [3.05, 3.63) is 47.2 Å². The molecule has 6 heteroatoms. The molecule has 0 aliphatic carbocycles. The summed E-state index contributed by atoms with van der Waals surface area (Å²) in [6, 6.07) is 6.03. The van der Waals surface area contributed by atoms with Gasteiger partial charge in [0.05, 0.1) is 32.2 Å². The Labute approximate surface area is 175 Å². The normalized spacial score (nSPS) is 11.9. The van der Waals surface area contributed by atoms with Gasteiger partial charge in [0, 0.05) is 13.1 Å². The molecule has 0 saturated carbocycles. The van der Waals surface area contributed by atoms with E-state index in [1.54, 1.807) is 0 Å². The fraction of sp³-hybridized carbons (Fsp3) is 0.565. The van der Waals surface area contributed by atoms with Crippen molar-refractivity contribution >= 4 is 5.57 Å². The third-order valence-corrected chi connectivity index (χ3v) is 4.74. The lowest BCUT2D eigenvalue weighted by molar-refractivity contribution is 0.205. The van der Waals surface area contributed by atoms with Crippen molar-refractivity contribution in [2.75, 3.05) is 52.6 Å². The highest BCUT2D eigenvalue weighted by Crippen LogP contribution is 2.31. The topological polar surface area (TPSA) is 83.0 Å². The minimum absolute atomic E-state index is 0.153. The molecule has 0 radical (unpaired) electrons. The second-order valence-corrected chi connectivity index (χ2v) is 6.94. The molecule has 0 fully saturated rings. The Balaban J connectivity index is 2.61. The zero-order valence-corrected chi connectivity index (χ0v) is 18.2. The molecule has 29 heavy (non-hydrogen) atoms. The predicted molar refractivity (Wildman–Crippen MR) is 119 cm³/mol. The van der Waals surface area contributed by atoms with Crippen molar-refractivity contribution < 1.29 is 19.7 Å². The van der Waals surface area contributed by atoms with E-state index in [2.05, 4.69) is 30.2 Å². The minimum Gasteiger partial charge on any atom is -0.498 e. The Kier molecular flexibility index (Phi) is 13.1. The van der Waals surface area contributed by atoms with Gasteiger partial charge in [-0.25, -0.2) is 0 Å². The van der Waals surface area contributed by atoms with E-state index in [0.717, 1.165) is 59.7 Å². The molecule has 6 nitrogen and oxygen atoms in total. The highest BCUT2D eigenvalue weighted by molar-refractivity contribution is 5.79. The van der Waals surface area contributed by atoms with Crippen molar-refractivity contribution in [3.63, 3.8) is 0 Å². The number of aliphatic hydroxyl groups excluding tert-OH is 2. The van der Waals surface area contributed by atoms with E-state index >= 15 is 0 Å². The number of ether oxygens (including phenoxy) is 2. The molecule has 164 valence electrons. The maximum absolute atomic E-state index is 8.77. The maximum atomic E-state index is 8.77. The fourth-order valence-electron chi connectivity index (χ4n) is 2.83. The number of benzene rings is 1. The maximum Gasteiger partial charge on any atom is 0.122 e. The van der Waals surface area contributed by atoms with Crippen LogP contribution in [0.1, 0.15) is 37.8 Å². The summed E-state index contributed by atoms with van der Waals surface area (Å²) in [5.41, 5.74) is 4.10. The number of rotatable bonds is 16. The summed E-state index contributed by atoms with van der Waals surface area (Å²) in [6.07, 6.45) is 1.76. The molecule has 0 unspecified atom stereocenters. The van der Waals surface area contributed by atoms with Gasteiger partial charge in [0.1, 0.15) is 5.75 Å². The second-order valence-electron chi connectivity index (χ2n) is 6.94. The fourth-order valence-corrected chi connectivity index (χ4v) is 2.83. The highest BCUT2D eigenvalue weighted by Gasteiger charge is 2.11. The van der Waals surface area contributed by atoms with E-state index in [-0.39, 0.29) is 13.2 Å². The van der Waals surface area contributed by atoms with Gasteiger partial charge in [-0.2, -0.15) is 0 Å². The highest BCUT2D eigenvalue weighted by atomic mass is 16.5. The zero-order valence-electron chi connectivity index (χ0n) is 18.2. The summed E-state index contributed by atoms with van der Waals surface area (Å²) in [5.74, 6) is 1.74. The summed E-state index contributed by atoms with van der Waals surface area (Å²) in [7, 11) is 0. The van der Waals surface area contributed by atoms with E-state index in [0.29, 0.717) is 26.3 Å². The number of nitrogens with one attached hydrogen (secondary N) is 2. The Bertz CT molecular complexity index is 644. The van der Waals surface area contributed by atoms with Crippen LogP contribution in [0.3, 0.4) is 0 Å². The van der Waals surface area contributed by atoms with Gasteiger partial charge < -0.3 is 30.3 Å². The van der Waals surface area contributed by atoms with Gasteiger partial charge in [0.2, 0.25) is 0 Å². The summed E-state index contributed by atoms with van der Waals surface area (Å²) in [6.45, 7) is 14.7. The first kappa shape index (κ1) is 25.2. The van der Waals surface area contributed by atoms with Gasteiger partial charge in [-0.05, 0) is 75.0 Å². The first-order chi connectivity index (χ1) is 14.0. The molecule has 0 saturated heterocycles. The second kappa shape index (κ2) is 15.0.